The molecule has 0 amide bonds. The number of alkyl halides is 1. The van der Waals surface area contributed by atoms with Gasteiger partial charge in [0.25, 0.3) is 0 Å². The van der Waals surface area contributed by atoms with Crippen LogP contribution in [0.5, 0.6) is 11.5 Å². The Hall–Kier alpha value is -2.25. The van der Waals surface area contributed by atoms with E-state index in [4.69, 9.17) is 26.3 Å². The van der Waals surface area contributed by atoms with Crippen molar-refractivity contribution in [3.8, 4) is 17.6 Å². The summed E-state index contributed by atoms with van der Waals surface area (Å²) in [7, 11) is 1.53. The summed E-state index contributed by atoms with van der Waals surface area (Å²) in [5, 5.41) is 9.03. The SMILES string of the molecule is COc1cccc(CCl)c1OCc1cc(F)ccc1C#N. The standard InChI is InChI=1S/C16H13ClFNO2/c1-20-15-4-2-3-11(8-17)16(15)21-10-13-7-14(18)6-5-12(13)9-19/h2-7H,8,10H2,1H3. The molecule has 0 atom stereocenters. The summed E-state index contributed by atoms with van der Waals surface area (Å²) in [6, 6.07) is 11.4. The minimum atomic E-state index is -0.412. The average molecular weight is 306 g/mol. The Bertz CT molecular complexity index is 660. The molecule has 2 aromatic rings. The van der Waals surface area contributed by atoms with E-state index in [0.29, 0.717) is 22.6 Å². The topological polar surface area (TPSA) is 42.2 Å². The third-order valence-corrected chi connectivity index (χ3v) is 3.27. The molecule has 108 valence electrons. The van der Waals surface area contributed by atoms with Gasteiger partial charge >= 0.3 is 0 Å². The van der Waals surface area contributed by atoms with E-state index >= 15 is 0 Å². The van der Waals surface area contributed by atoms with Gasteiger partial charge < -0.3 is 9.47 Å². The largest absolute Gasteiger partial charge is 0.493 e. The summed E-state index contributed by atoms with van der Waals surface area (Å²) in [4.78, 5) is 0. The third-order valence-electron chi connectivity index (χ3n) is 2.98. The number of hydrogen-bond donors (Lipinski definition) is 0. The minimum Gasteiger partial charge on any atom is -0.493 e. The van der Waals surface area contributed by atoms with Crippen LogP contribution in [0.1, 0.15) is 16.7 Å². The van der Waals surface area contributed by atoms with Gasteiger partial charge in [0.2, 0.25) is 0 Å². The van der Waals surface area contributed by atoms with E-state index in [9.17, 15) is 4.39 Å². The Morgan fingerprint density at radius 1 is 1.24 bits per heavy atom. The van der Waals surface area contributed by atoms with Gasteiger partial charge in [-0.3, -0.25) is 0 Å². The van der Waals surface area contributed by atoms with Gasteiger partial charge in [0.1, 0.15) is 12.4 Å². The first-order valence-corrected chi connectivity index (χ1v) is 6.76. The van der Waals surface area contributed by atoms with Gasteiger partial charge in [-0.25, -0.2) is 4.39 Å². The van der Waals surface area contributed by atoms with Crippen LogP contribution in [0.4, 0.5) is 4.39 Å². The monoisotopic (exact) mass is 305 g/mol. The van der Waals surface area contributed by atoms with Gasteiger partial charge in [0, 0.05) is 11.1 Å². The molecule has 0 saturated carbocycles. The van der Waals surface area contributed by atoms with E-state index in [1.807, 2.05) is 18.2 Å². The Balaban J connectivity index is 2.28. The minimum absolute atomic E-state index is 0.0604. The maximum absolute atomic E-state index is 13.3. The van der Waals surface area contributed by atoms with Crippen molar-refractivity contribution in [1.82, 2.24) is 0 Å². The van der Waals surface area contributed by atoms with Crippen LogP contribution >= 0.6 is 11.6 Å². The van der Waals surface area contributed by atoms with E-state index in [1.165, 1.54) is 25.3 Å². The fourth-order valence-corrected chi connectivity index (χ4v) is 2.14. The lowest BCUT2D eigenvalue weighted by Gasteiger charge is -2.14. The van der Waals surface area contributed by atoms with Crippen molar-refractivity contribution >= 4 is 11.6 Å². The number of benzene rings is 2. The molecule has 2 rings (SSSR count). The second-order valence-electron chi connectivity index (χ2n) is 4.28. The molecule has 0 spiro atoms. The molecular weight excluding hydrogens is 293 g/mol. The molecule has 0 unspecified atom stereocenters. The van der Waals surface area contributed by atoms with Crippen molar-refractivity contribution in [2.75, 3.05) is 7.11 Å². The highest BCUT2D eigenvalue weighted by atomic mass is 35.5. The average Bonchev–Trinajstić information content (AvgIpc) is 2.52. The molecule has 0 aliphatic carbocycles. The van der Waals surface area contributed by atoms with Gasteiger partial charge in [-0.15, -0.1) is 11.6 Å². The lowest BCUT2D eigenvalue weighted by atomic mass is 10.1. The molecule has 0 bridgehead atoms. The van der Waals surface area contributed by atoms with Crippen LogP contribution in [-0.2, 0) is 12.5 Å². The van der Waals surface area contributed by atoms with Crippen molar-refractivity contribution in [3.05, 3.63) is 58.9 Å². The molecule has 21 heavy (non-hydrogen) atoms. The zero-order valence-electron chi connectivity index (χ0n) is 11.4. The second kappa shape index (κ2) is 6.96. The van der Waals surface area contributed by atoms with Gasteiger partial charge in [0.15, 0.2) is 11.5 Å². The quantitative estimate of drug-likeness (QED) is 0.783. The number of nitrogens with zero attached hydrogens (tertiary/aromatic N) is 1. The van der Waals surface area contributed by atoms with E-state index < -0.39 is 5.82 Å². The van der Waals surface area contributed by atoms with Gasteiger partial charge in [0.05, 0.1) is 24.6 Å². The number of methoxy groups -OCH3 is 1. The van der Waals surface area contributed by atoms with Gasteiger partial charge in [-0.1, -0.05) is 12.1 Å². The number of halogens is 2. The van der Waals surface area contributed by atoms with E-state index in [0.717, 1.165) is 5.56 Å². The zero-order valence-corrected chi connectivity index (χ0v) is 12.2. The van der Waals surface area contributed by atoms with Crippen LogP contribution in [0.2, 0.25) is 0 Å². The van der Waals surface area contributed by atoms with E-state index in [1.54, 1.807) is 6.07 Å². The number of nitriles is 1. The number of para-hydroxylation sites is 1. The van der Waals surface area contributed by atoms with Crippen molar-refractivity contribution in [2.45, 2.75) is 12.5 Å². The smallest absolute Gasteiger partial charge is 0.166 e. The van der Waals surface area contributed by atoms with Gasteiger partial charge in [-0.2, -0.15) is 5.26 Å². The molecule has 0 aromatic heterocycles. The molecular formula is C16H13ClFNO2. The molecule has 0 aliphatic rings. The molecule has 0 aliphatic heterocycles. The van der Waals surface area contributed by atoms with E-state index in [2.05, 4.69) is 0 Å². The van der Waals surface area contributed by atoms with Crippen molar-refractivity contribution in [1.29, 1.82) is 5.26 Å². The fourth-order valence-electron chi connectivity index (χ4n) is 1.93. The lowest BCUT2D eigenvalue weighted by molar-refractivity contribution is 0.281. The summed E-state index contributed by atoms with van der Waals surface area (Å²) in [6.07, 6.45) is 0. The maximum atomic E-state index is 13.3. The van der Waals surface area contributed by atoms with Gasteiger partial charge in [-0.05, 0) is 24.3 Å². The summed E-state index contributed by atoms with van der Waals surface area (Å²) < 4.78 is 24.2. The van der Waals surface area contributed by atoms with E-state index in [-0.39, 0.29) is 12.5 Å². The lowest BCUT2D eigenvalue weighted by Crippen LogP contribution is -2.02. The molecule has 2 aromatic carbocycles. The predicted octanol–water partition coefficient (Wildman–Crippen LogP) is 4.02. The fraction of sp³-hybridized carbons (Fsp3) is 0.188. The van der Waals surface area contributed by atoms with Crippen molar-refractivity contribution < 1.29 is 13.9 Å². The Kier molecular flexibility index (Phi) is 5.02. The van der Waals surface area contributed by atoms with Crippen LogP contribution in [0, 0.1) is 17.1 Å². The highest BCUT2D eigenvalue weighted by Crippen LogP contribution is 2.33. The highest BCUT2D eigenvalue weighted by molar-refractivity contribution is 6.17. The zero-order chi connectivity index (χ0) is 15.2. The van der Waals surface area contributed by atoms with Crippen molar-refractivity contribution in [2.24, 2.45) is 0 Å². The summed E-state index contributed by atoms with van der Waals surface area (Å²) in [5.74, 6) is 0.900. The molecule has 0 N–H and O–H groups in total. The number of rotatable bonds is 5. The molecule has 0 heterocycles. The third kappa shape index (κ3) is 3.45. The van der Waals surface area contributed by atoms with Crippen LogP contribution < -0.4 is 9.47 Å². The Morgan fingerprint density at radius 2 is 2.05 bits per heavy atom. The first-order valence-electron chi connectivity index (χ1n) is 6.22. The molecule has 3 nitrogen and oxygen atoms in total. The maximum Gasteiger partial charge on any atom is 0.166 e. The number of ether oxygens (including phenoxy) is 2. The molecule has 5 heteroatoms. The highest BCUT2D eigenvalue weighted by Gasteiger charge is 2.12. The summed E-state index contributed by atoms with van der Waals surface area (Å²) >= 11 is 5.88. The molecule has 0 fully saturated rings. The first kappa shape index (κ1) is 15.1. The summed E-state index contributed by atoms with van der Waals surface area (Å²) in [5.41, 5.74) is 1.62. The normalized spacial score (nSPS) is 10.0. The summed E-state index contributed by atoms with van der Waals surface area (Å²) in [6.45, 7) is 0.0604. The second-order valence-corrected chi connectivity index (χ2v) is 4.55. The first-order chi connectivity index (χ1) is 10.2. The van der Waals surface area contributed by atoms with Crippen LogP contribution in [0.3, 0.4) is 0 Å². The van der Waals surface area contributed by atoms with Crippen LogP contribution in [0.15, 0.2) is 36.4 Å². The van der Waals surface area contributed by atoms with Crippen LogP contribution in [-0.4, -0.2) is 7.11 Å². The number of hydrogen-bond acceptors (Lipinski definition) is 3. The Morgan fingerprint density at radius 3 is 2.71 bits per heavy atom. The molecule has 0 saturated heterocycles. The van der Waals surface area contributed by atoms with Crippen LogP contribution in [0.25, 0.3) is 0 Å². The predicted molar refractivity (Wildman–Crippen MR) is 78.0 cm³/mol. The van der Waals surface area contributed by atoms with Crippen molar-refractivity contribution in [3.63, 3.8) is 0 Å². The Labute approximate surface area is 127 Å². The molecule has 0 radical (unpaired) electrons.